The summed E-state index contributed by atoms with van der Waals surface area (Å²) in [5.74, 6) is -1.33. The van der Waals surface area contributed by atoms with Gasteiger partial charge in [0.25, 0.3) is 0 Å². The number of halogens is 2. The number of hydrogen-bond donors (Lipinski definition) is 0. The van der Waals surface area contributed by atoms with Crippen LogP contribution in [0.2, 0.25) is 0 Å². The molecule has 1 rings (SSSR count). The quantitative estimate of drug-likeness (QED) is 0.521. The second kappa shape index (κ2) is 4.43. The highest BCUT2D eigenvalue weighted by Gasteiger charge is 2.01. The molecule has 0 N–H and O–H groups in total. The number of nitriles is 1. The van der Waals surface area contributed by atoms with E-state index >= 15 is 0 Å². The van der Waals surface area contributed by atoms with Gasteiger partial charge in [0.15, 0.2) is 0 Å². The summed E-state index contributed by atoms with van der Waals surface area (Å²) in [6, 6.07) is 5.41. The predicted octanol–water partition coefficient (Wildman–Crippen LogP) is 3.10. The summed E-state index contributed by atoms with van der Waals surface area (Å²) in [6.07, 6.45) is 2.68. The summed E-state index contributed by atoms with van der Waals surface area (Å²) in [7, 11) is 0. The summed E-state index contributed by atoms with van der Waals surface area (Å²) >= 11 is 0. The van der Waals surface area contributed by atoms with Crippen LogP contribution in [0.4, 0.5) is 8.78 Å². The lowest BCUT2D eigenvalue weighted by Gasteiger charge is -2.05. The predicted molar refractivity (Wildman–Crippen MR) is 49.9 cm³/mol. The molecule has 1 aromatic carbocycles. The van der Waals surface area contributed by atoms with E-state index in [2.05, 4.69) is 0 Å². The molecule has 0 amide bonds. The van der Waals surface area contributed by atoms with Crippen LogP contribution in [-0.4, -0.2) is 0 Å². The van der Waals surface area contributed by atoms with Gasteiger partial charge in [0.2, 0.25) is 0 Å². The highest BCUT2D eigenvalue weighted by Crippen LogP contribution is 2.16. The van der Waals surface area contributed by atoms with Gasteiger partial charge < -0.3 is 0 Å². The van der Waals surface area contributed by atoms with Gasteiger partial charge in [-0.25, -0.2) is 8.78 Å². The van der Waals surface area contributed by atoms with Gasteiger partial charge in [0, 0.05) is 0 Å². The molecule has 0 aliphatic carbocycles. The topological polar surface area (TPSA) is 23.8 Å². The molecule has 0 aliphatic rings. The Morgan fingerprint density at radius 2 is 2.00 bits per heavy atom. The minimum absolute atomic E-state index is 0.179. The van der Waals surface area contributed by atoms with Crippen molar-refractivity contribution < 1.29 is 8.78 Å². The second-order valence-corrected chi connectivity index (χ2v) is 2.64. The third-order valence-corrected chi connectivity index (χ3v) is 1.74. The fraction of sp³-hybridized carbons (Fsp3) is 0.0909. The van der Waals surface area contributed by atoms with Crippen molar-refractivity contribution in [3.63, 3.8) is 0 Å². The van der Waals surface area contributed by atoms with Crippen molar-refractivity contribution >= 4 is 6.08 Å². The van der Waals surface area contributed by atoms with Crippen molar-refractivity contribution in [3.8, 4) is 6.07 Å². The molecule has 0 aromatic heterocycles. The lowest BCUT2D eigenvalue weighted by Crippen LogP contribution is -1.89. The van der Waals surface area contributed by atoms with E-state index in [1.54, 1.807) is 6.92 Å². The summed E-state index contributed by atoms with van der Waals surface area (Å²) in [6.45, 7) is 1.63. The SMILES string of the molecule is C[CH-]/C(C#N)=C/c1c(F)cccc1F. The van der Waals surface area contributed by atoms with Gasteiger partial charge in [-0.05, 0) is 17.7 Å². The van der Waals surface area contributed by atoms with Crippen molar-refractivity contribution in [3.05, 3.63) is 47.4 Å². The number of hydrogen-bond acceptors (Lipinski definition) is 1. The first-order chi connectivity index (χ1) is 6.69. The molecule has 0 saturated heterocycles. The Hall–Kier alpha value is -1.82. The van der Waals surface area contributed by atoms with E-state index < -0.39 is 11.6 Å². The average Bonchev–Trinajstić information content (AvgIpc) is 2.18. The zero-order valence-corrected chi connectivity index (χ0v) is 7.59. The van der Waals surface area contributed by atoms with Gasteiger partial charge in [-0.3, -0.25) is 5.26 Å². The Morgan fingerprint density at radius 3 is 2.43 bits per heavy atom. The zero-order valence-electron chi connectivity index (χ0n) is 7.59. The van der Waals surface area contributed by atoms with E-state index in [1.807, 2.05) is 6.07 Å². The maximum atomic E-state index is 13.1. The van der Waals surface area contributed by atoms with Crippen LogP contribution in [-0.2, 0) is 0 Å². The molecule has 0 atom stereocenters. The lowest BCUT2D eigenvalue weighted by atomic mass is 10.1. The number of nitrogens with zero attached hydrogens (tertiary/aromatic N) is 1. The van der Waals surface area contributed by atoms with E-state index in [0.29, 0.717) is 0 Å². The van der Waals surface area contributed by atoms with E-state index in [-0.39, 0.29) is 11.1 Å². The van der Waals surface area contributed by atoms with Gasteiger partial charge in [0.05, 0.1) is 0 Å². The van der Waals surface area contributed by atoms with Crippen LogP contribution in [0.15, 0.2) is 23.8 Å². The largest absolute Gasteiger partial charge is 0.285 e. The second-order valence-electron chi connectivity index (χ2n) is 2.64. The highest BCUT2D eigenvalue weighted by atomic mass is 19.1. The van der Waals surface area contributed by atoms with Gasteiger partial charge in [-0.15, -0.1) is 11.6 Å². The van der Waals surface area contributed by atoms with Crippen LogP contribution in [0.25, 0.3) is 6.08 Å². The molecule has 0 saturated carbocycles. The van der Waals surface area contributed by atoms with Crippen molar-refractivity contribution in [2.75, 3.05) is 0 Å². The fourth-order valence-corrected chi connectivity index (χ4v) is 0.984. The average molecular weight is 192 g/mol. The van der Waals surface area contributed by atoms with Crippen molar-refractivity contribution in [2.45, 2.75) is 6.92 Å². The first-order valence-electron chi connectivity index (χ1n) is 4.04. The molecule has 0 heterocycles. The van der Waals surface area contributed by atoms with Gasteiger partial charge in [-0.2, -0.15) is 6.42 Å². The molecular weight excluding hydrogens is 184 g/mol. The fourth-order valence-electron chi connectivity index (χ4n) is 0.984. The van der Waals surface area contributed by atoms with E-state index in [9.17, 15) is 8.78 Å². The molecule has 0 fully saturated rings. The summed E-state index contributed by atoms with van der Waals surface area (Å²) in [5.41, 5.74) is 0.0520. The van der Waals surface area contributed by atoms with Crippen LogP contribution < -0.4 is 0 Å². The monoisotopic (exact) mass is 192 g/mol. The van der Waals surface area contributed by atoms with Crippen LogP contribution in [0.3, 0.4) is 0 Å². The first-order valence-corrected chi connectivity index (χ1v) is 4.04. The maximum Gasteiger partial charge on any atom is 0.121 e. The summed E-state index contributed by atoms with van der Waals surface area (Å²) in [4.78, 5) is 0. The molecular formula is C11H8F2N-. The van der Waals surface area contributed by atoms with E-state index in [4.69, 9.17) is 5.26 Å². The zero-order chi connectivity index (χ0) is 10.6. The standard InChI is InChI=1S/C11H8F2N/c1-2-8(7-14)6-9-10(12)4-3-5-11(9)13/h2-6H,1H3/q-1/b8-6-. The Balaban J connectivity index is 3.21. The van der Waals surface area contributed by atoms with Gasteiger partial charge >= 0.3 is 0 Å². The Bertz CT molecular complexity index is 382. The summed E-state index contributed by atoms with van der Waals surface area (Å²) < 4.78 is 26.2. The smallest absolute Gasteiger partial charge is 0.121 e. The van der Waals surface area contributed by atoms with Crippen LogP contribution in [0, 0.1) is 29.4 Å². The Morgan fingerprint density at radius 1 is 1.43 bits per heavy atom. The maximum absolute atomic E-state index is 13.1. The molecule has 0 spiro atoms. The number of benzene rings is 1. The molecule has 0 radical (unpaired) electrons. The number of allylic oxidation sites excluding steroid dienone is 1. The molecule has 72 valence electrons. The highest BCUT2D eigenvalue weighted by molar-refractivity contribution is 5.60. The minimum Gasteiger partial charge on any atom is -0.285 e. The Labute approximate surface area is 81.3 Å². The summed E-state index contributed by atoms with van der Waals surface area (Å²) in [5, 5.41) is 8.57. The van der Waals surface area contributed by atoms with Gasteiger partial charge in [0.1, 0.15) is 11.6 Å². The molecule has 3 heteroatoms. The van der Waals surface area contributed by atoms with Crippen LogP contribution in [0.1, 0.15) is 12.5 Å². The molecule has 14 heavy (non-hydrogen) atoms. The first kappa shape index (κ1) is 10.3. The van der Waals surface area contributed by atoms with Gasteiger partial charge in [-0.1, -0.05) is 19.1 Å². The van der Waals surface area contributed by atoms with Crippen molar-refractivity contribution in [2.24, 2.45) is 0 Å². The van der Waals surface area contributed by atoms with Crippen molar-refractivity contribution in [1.82, 2.24) is 0 Å². The van der Waals surface area contributed by atoms with E-state index in [1.165, 1.54) is 18.6 Å². The minimum atomic E-state index is -0.667. The number of rotatable bonds is 2. The third-order valence-electron chi connectivity index (χ3n) is 1.74. The molecule has 0 unspecified atom stereocenters. The van der Waals surface area contributed by atoms with Crippen LogP contribution >= 0.6 is 0 Å². The van der Waals surface area contributed by atoms with Crippen LogP contribution in [0.5, 0.6) is 0 Å². The normalized spacial score (nSPS) is 10.9. The van der Waals surface area contributed by atoms with E-state index in [0.717, 1.165) is 12.1 Å². The lowest BCUT2D eigenvalue weighted by molar-refractivity contribution is 0.578. The molecule has 1 nitrogen and oxygen atoms in total. The molecule has 0 bridgehead atoms. The Kier molecular flexibility index (Phi) is 3.24. The molecule has 0 aliphatic heterocycles. The third kappa shape index (κ3) is 2.11. The van der Waals surface area contributed by atoms with Crippen molar-refractivity contribution in [1.29, 1.82) is 5.26 Å². The molecule has 1 aromatic rings.